The molecule has 1 heterocycles. The highest BCUT2D eigenvalue weighted by Crippen LogP contribution is 2.26. The van der Waals surface area contributed by atoms with Gasteiger partial charge in [-0.2, -0.15) is 5.10 Å². The number of amides is 1. The molecule has 6 heteroatoms. The van der Waals surface area contributed by atoms with Crippen molar-refractivity contribution in [2.45, 2.75) is 6.92 Å². The van der Waals surface area contributed by atoms with Gasteiger partial charge in [-0.15, -0.1) is 0 Å². The van der Waals surface area contributed by atoms with Crippen LogP contribution in [0.5, 0.6) is 5.75 Å². The van der Waals surface area contributed by atoms with E-state index in [4.69, 9.17) is 11.6 Å². The number of hydrogen-bond acceptors (Lipinski definition) is 3. The molecule has 0 spiro atoms. The minimum Gasteiger partial charge on any atom is -0.506 e. The Kier molecular flexibility index (Phi) is 3.25. The average molecular weight is 266 g/mol. The number of aryl methyl sites for hydroxylation is 1. The molecule has 0 saturated heterocycles. The molecular formula is C12H12ClN3O2. The third-order valence-corrected chi connectivity index (χ3v) is 2.99. The first kappa shape index (κ1) is 12.4. The molecule has 0 atom stereocenters. The van der Waals surface area contributed by atoms with Crippen LogP contribution in [0.2, 0.25) is 5.02 Å². The van der Waals surface area contributed by atoms with E-state index in [9.17, 15) is 9.90 Å². The fourth-order valence-corrected chi connectivity index (χ4v) is 1.69. The number of hydrogen-bond donors (Lipinski definition) is 2. The summed E-state index contributed by atoms with van der Waals surface area (Å²) >= 11 is 5.76. The molecule has 5 nitrogen and oxygen atoms in total. The maximum absolute atomic E-state index is 12.0. The third kappa shape index (κ3) is 2.31. The van der Waals surface area contributed by atoms with Crippen molar-refractivity contribution >= 4 is 23.2 Å². The lowest BCUT2D eigenvalue weighted by atomic mass is 10.2. The second-order valence-corrected chi connectivity index (χ2v) is 4.29. The summed E-state index contributed by atoms with van der Waals surface area (Å²) in [6.45, 7) is 1.81. The van der Waals surface area contributed by atoms with E-state index in [-0.39, 0.29) is 16.7 Å². The number of phenolic OH excluding ortho intramolecular Hbond substituents is 1. The highest BCUT2D eigenvalue weighted by Gasteiger charge is 2.13. The van der Waals surface area contributed by atoms with Gasteiger partial charge in [0.25, 0.3) is 5.91 Å². The van der Waals surface area contributed by atoms with Crippen LogP contribution in [0.4, 0.5) is 5.69 Å². The molecule has 0 aliphatic carbocycles. The molecule has 2 aromatic rings. The number of halogens is 1. The van der Waals surface area contributed by atoms with E-state index in [0.29, 0.717) is 11.3 Å². The van der Waals surface area contributed by atoms with E-state index in [1.165, 1.54) is 18.3 Å². The second kappa shape index (κ2) is 4.70. The van der Waals surface area contributed by atoms with E-state index < -0.39 is 0 Å². The van der Waals surface area contributed by atoms with Crippen LogP contribution in [-0.2, 0) is 7.05 Å². The molecule has 0 aliphatic heterocycles. The van der Waals surface area contributed by atoms with Gasteiger partial charge in [0.05, 0.1) is 16.8 Å². The van der Waals surface area contributed by atoms with Gasteiger partial charge in [-0.1, -0.05) is 11.6 Å². The van der Waals surface area contributed by atoms with Crippen molar-refractivity contribution < 1.29 is 9.90 Å². The predicted octanol–water partition coefficient (Wildman–Crippen LogP) is 2.34. The molecule has 1 aromatic carbocycles. The Balaban J connectivity index is 2.21. The fourth-order valence-electron chi connectivity index (χ4n) is 1.50. The average Bonchev–Trinajstić information content (AvgIpc) is 2.65. The van der Waals surface area contributed by atoms with Crippen LogP contribution < -0.4 is 5.32 Å². The largest absolute Gasteiger partial charge is 0.506 e. The van der Waals surface area contributed by atoms with Crippen molar-refractivity contribution in [3.05, 3.63) is 40.7 Å². The monoisotopic (exact) mass is 265 g/mol. The van der Waals surface area contributed by atoms with Gasteiger partial charge in [0.2, 0.25) is 0 Å². The number of phenols is 1. The number of carbonyl (C=O) groups is 1. The Bertz CT molecular complexity index is 607. The summed E-state index contributed by atoms with van der Waals surface area (Å²) in [7, 11) is 1.77. The number of nitrogens with one attached hydrogen (secondary N) is 1. The molecule has 1 aromatic heterocycles. The highest BCUT2D eigenvalue weighted by atomic mass is 35.5. The van der Waals surface area contributed by atoms with Crippen molar-refractivity contribution in [3.63, 3.8) is 0 Å². The quantitative estimate of drug-likeness (QED) is 0.819. The molecule has 0 aliphatic rings. The van der Waals surface area contributed by atoms with Crippen LogP contribution in [0, 0.1) is 6.92 Å². The summed E-state index contributed by atoms with van der Waals surface area (Å²) < 4.78 is 1.62. The van der Waals surface area contributed by atoms with Crippen molar-refractivity contribution in [1.29, 1.82) is 0 Å². The minimum absolute atomic E-state index is 0.0211. The van der Waals surface area contributed by atoms with Gasteiger partial charge < -0.3 is 10.4 Å². The first-order valence-corrected chi connectivity index (χ1v) is 5.65. The molecule has 94 valence electrons. The van der Waals surface area contributed by atoms with Crippen molar-refractivity contribution in [2.75, 3.05) is 5.32 Å². The molecule has 0 bridgehead atoms. The lowest BCUT2D eigenvalue weighted by Crippen LogP contribution is -2.12. The first-order valence-electron chi connectivity index (χ1n) is 5.27. The van der Waals surface area contributed by atoms with Crippen LogP contribution in [0.1, 0.15) is 16.1 Å². The Hall–Kier alpha value is -2.01. The van der Waals surface area contributed by atoms with Crippen LogP contribution in [-0.4, -0.2) is 20.8 Å². The minimum atomic E-state index is -0.262. The third-order valence-electron chi connectivity index (χ3n) is 2.69. The molecule has 18 heavy (non-hydrogen) atoms. The van der Waals surface area contributed by atoms with E-state index >= 15 is 0 Å². The van der Waals surface area contributed by atoms with Crippen LogP contribution in [0.15, 0.2) is 24.4 Å². The molecule has 2 N–H and O–H groups in total. The normalized spacial score (nSPS) is 10.4. The van der Waals surface area contributed by atoms with Gasteiger partial charge in [0, 0.05) is 18.4 Å². The van der Waals surface area contributed by atoms with Crippen molar-refractivity contribution in [2.24, 2.45) is 7.05 Å². The number of rotatable bonds is 2. The Morgan fingerprint density at radius 2 is 2.22 bits per heavy atom. The molecular weight excluding hydrogens is 254 g/mol. The first-order chi connectivity index (χ1) is 8.49. The smallest absolute Gasteiger partial charge is 0.259 e. The molecule has 0 radical (unpaired) electrons. The zero-order valence-electron chi connectivity index (χ0n) is 9.94. The Morgan fingerprint density at radius 1 is 1.50 bits per heavy atom. The van der Waals surface area contributed by atoms with E-state index in [1.807, 2.05) is 6.92 Å². The van der Waals surface area contributed by atoms with Crippen LogP contribution in [0.3, 0.4) is 0 Å². The summed E-state index contributed by atoms with van der Waals surface area (Å²) in [5.41, 5.74) is 1.80. The summed E-state index contributed by atoms with van der Waals surface area (Å²) in [4.78, 5) is 12.0. The van der Waals surface area contributed by atoms with Crippen molar-refractivity contribution in [3.8, 4) is 5.75 Å². The van der Waals surface area contributed by atoms with E-state index in [0.717, 1.165) is 5.69 Å². The second-order valence-electron chi connectivity index (χ2n) is 3.89. The number of carbonyl (C=O) groups excluding carboxylic acids is 1. The topological polar surface area (TPSA) is 67.2 Å². The van der Waals surface area contributed by atoms with Crippen LogP contribution >= 0.6 is 11.6 Å². The fraction of sp³-hybridized carbons (Fsp3) is 0.167. The molecule has 0 fully saturated rings. The molecule has 0 unspecified atom stereocenters. The van der Waals surface area contributed by atoms with Gasteiger partial charge in [-0.05, 0) is 25.1 Å². The zero-order chi connectivity index (χ0) is 13.3. The standard InChI is InChI=1S/C12H12ClN3O2/c1-7-9(6-14-16(7)2)12(18)15-8-3-4-11(17)10(13)5-8/h3-6,17H,1-2H3,(H,15,18). The Labute approximate surface area is 109 Å². The summed E-state index contributed by atoms with van der Waals surface area (Å²) in [5.74, 6) is -0.283. The Morgan fingerprint density at radius 3 is 2.78 bits per heavy atom. The predicted molar refractivity (Wildman–Crippen MR) is 69.0 cm³/mol. The SMILES string of the molecule is Cc1c(C(=O)Nc2ccc(O)c(Cl)c2)cnn1C. The zero-order valence-corrected chi connectivity index (χ0v) is 10.7. The highest BCUT2D eigenvalue weighted by molar-refractivity contribution is 6.32. The van der Waals surface area contributed by atoms with Gasteiger partial charge >= 0.3 is 0 Å². The molecule has 2 rings (SSSR count). The molecule has 0 saturated carbocycles. The van der Waals surface area contributed by atoms with Gasteiger partial charge in [-0.3, -0.25) is 9.48 Å². The van der Waals surface area contributed by atoms with Gasteiger partial charge in [-0.25, -0.2) is 0 Å². The van der Waals surface area contributed by atoms with Crippen LogP contribution in [0.25, 0.3) is 0 Å². The summed E-state index contributed by atoms with van der Waals surface area (Å²) in [5, 5.41) is 16.2. The number of aromatic hydroxyl groups is 1. The number of anilines is 1. The summed E-state index contributed by atoms with van der Waals surface area (Å²) in [6, 6.07) is 4.49. The molecule has 1 amide bonds. The van der Waals surface area contributed by atoms with Gasteiger partial charge in [0.1, 0.15) is 5.75 Å². The van der Waals surface area contributed by atoms with E-state index in [2.05, 4.69) is 10.4 Å². The lowest BCUT2D eigenvalue weighted by Gasteiger charge is -2.06. The van der Waals surface area contributed by atoms with Gasteiger partial charge in [0.15, 0.2) is 0 Å². The van der Waals surface area contributed by atoms with Crippen molar-refractivity contribution in [1.82, 2.24) is 9.78 Å². The summed E-state index contributed by atoms with van der Waals surface area (Å²) in [6.07, 6.45) is 1.51. The van der Waals surface area contributed by atoms with E-state index in [1.54, 1.807) is 17.8 Å². The maximum atomic E-state index is 12.0. The number of aromatic nitrogens is 2. The maximum Gasteiger partial charge on any atom is 0.259 e. The lowest BCUT2D eigenvalue weighted by molar-refractivity contribution is 0.102. The number of benzene rings is 1. The number of nitrogens with zero attached hydrogens (tertiary/aromatic N) is 2.